The van der Waals surface area contributed by atoms with E-state index in [0.29, 0.717) is 12.1 Å². The van der Waals surface area contributed by atoms with E-state index in [9.17, 15) is 9.50 Å². The number of halogens is 2. The van der Waals surface area contributed by atoms with Crippen molar-refractivity contribution in [2.45, 2.75) is 37.5 Å². The first-order valence-corrected chi connectivity index (χ1v) is 6.89. The molecule has 2 rings (SSSR count). The van der Waals surface area contributed by atoms with Crippen molar-refractivity contribution < 1.29 is 14.2 Å². The third-order valence-corrected chi connectivity index (χ3v) is 4.46. The summed E-state index contributed by atoms with van der Waals surface area (Å²) in [5, 5.41) is 9.89. The Morgan fingerprint density at radius 2 is 2.05 bits per heavy atom. The Morgan fingerprint density at radius 3 is 2.58 bits per heavy atom. The number of benzene rings is 1. The summed E-state index contributed by atoms with van der Waals surface area (Å²) < 4.78 is 19.1. The van der Waals surface area contributed by atoms with Gasteiger partial charge in [-0.15, -0.1) is 0 Å². The molecule has 1 saturated carbocycles. The molecule has 0 aromatic heterocycles. The van der Waals surface area contributed by atoms with E-state index in [1.807, 2.05) is 0 Å². The monoisotopic (exact) mass is 287 g/mol. The third-order valence-electron chi connectivity index (χ3n) is 4.09. The summed E-state index contributed by atoms with van der Waals surface area (Å²) in [6.45, 7) is 0.367. The van der Waals surface area contributed by atoms with Gasteiger partial charge < -0.3 is 15.6 Å². The van der Waals surface area contributed by atoms with Crippen molar-refractivity contribution in [3.63, 3.8) is 0 Å². The minimum absolute atomic E-state index is 0.0157. The van der Waals surface area contributed by atoms with Crippen molar-refractivity contribution in [2.24, 2.45) is 5.73 Å². The molecule has 19 heavy (non-hydrogen) atoms. The van der Waals surface area contributed by atoms with Gasteiger partial charge in [0.15, 0.2) is 11.5 Å². The normalized spacial score (nSPS) is 18.3. The van der Waals surface area contributed by atoms with E-state index in [2.05, 4.69) is 0 Å². The van der Waals surface area contributed by atoms with Gasteiger partial charge in [0.25, 0.3) is 0 Å². The van der Waals surface area contributed by atoms with E-state index < -0.39 is 11.2 Å². The lowest BCUT2D eigenvalue weighted by Crippen LogP contribution is -2.38. The largest absolute Gasteiger partial charge is 0.504 e. The van der Waals surface area contributed by atoms with Gasteiger partial charge in [0.1, 0.15) is 5.82 Å². The van der Waals surface area contributed by atoms with E-state index in [1.54, 1.807) is 0 Å². The predicted molar refractivity (Wildman–Crippen MR) is 73.4 cm³/mol. The molecule has 3 nitrogen and oxygen atoms in total. The zero-order valence-corrected chi connectivity index (χ0v) is 11.8. The van der Waals surface area contributed by atoms with Gasteiger partial charge >= 0.3 is 0 Å². The first-order chi connectivity index (χ1) is 9.05. The molecular weight excluding hydrogens is 269 g/mol. The lowest BCUT2D eigenvalue weighted by molar-refractivity contribution is 0.281. The molecule has 0 saturated heterocycles. The molecule has 0 spiro atoms. The summed E-state index contributed by atoms with van der Waals surface area (Å²) in [6.07, 6.45) is 4.86. The molecule has 0 amide bonds. The minimum atomic E-state index is -0.631. The smallest absolute Gasteiger partial charge is 0.165 e. The average Bonchev–Trinajstić information content (AvgIpc) is 2.43. The molecule has 0 unspecified atom stereocenters. The van der Waals surface area contributed by atoms with Gasteiger partial charge in [0, 0.05) is 23.6 Å². The molecule has 1 aromatic rings. The second-order valence-corrected chi connectivity index (χ2v) is 5.52. The number of phenols is 1. The van der Waals surface area contributed by atoms with Crippen molar-refractivity contribution in [3.8, 4) is 11.5 Å². The number of hydrogen-bond donors (Lipinski definition) is 2. The SMILES string of the molecule is COc1c(O)cc(F)c(Cl)c1C1(CN)CCCCC1. The van der Waals surface area contributed by atoms with Gasteiger partial charge in [-0.1, -0.05) is 30.9 Å². The van der Waals surface area contributed by atoms with Crippen LogP contribution in [0.15, 0.2) is 6.07 Å². The van der Waals surface area contributed by atoms with Crippen molar-refractivity contribution in [1.82, 2.24) is 0 Å². The molecule has 0 aliphatic heterocycles. The van der Waals surface area contributed by atoms with Crippen molar-refractivity contribution in [2.75, 3.05) is 13.7 Å². The zero-order valence-electron chi connectivity index (χ0n) is 11.0. The second-order valence-electron chi connectivity index (χ2n) is 5.14. The number of nitrogens with two attached hydrogens (primary N) is 1. The van der Waals surface area contributed by atoms with Crippen LogP contribution in [0.25, 0.3) is 0 Å². The number of phenolic OH excluding ortho intramolecular Hbond substituents is 1. The predicted octanol–water partition coefficient (Wildman–Crippen LogP) is 3.35. The summed E-state index contributed by atoms with van der Waals surface area (Å²) in [4.78, 5) is 0. The lowest BCUT2D eigenvalue weighted by Gasteiger charge is -2.38. The molecule has 1 aliphatic carbocycles. The maximum absolute atomic E-state index is 13.8. The maximum Gasteiger partial charge on any atom is 0.165 e. The van der Waals surface area contributed by atoms with E-state index in [4.69, 9.17) is 22.1 Å². The molecule has 106 valence electrons. The highest BCUT2D eigenvalue weighted by atomic mass is 35.5. The topological polar surface area (TPSA) is 55.5 Å². The highest BCUT2D eigenvalue weighted by Crippen LogP contribution is 2.49. The number of aromatic hydroxyl groups is 1. The number of ether oxygens (including phenoxy) is 1. The standard InChI is InChI=1S/C14H19ClFNO2/c1-19-13-10(18)7-9(16)12(15)11(13)14(8-17)5-3-2-4-6-14/h7,18H,2-6,8,17H2,1H3. The summed E-state index contributed by atoms with van der Waals surface area (Å²) in [5.41, 5.74) is 6.07. The molecule has 0 atom stereocenters. The first-order valence-electron chi connectivity index (χ1n) is 6.51. The lowest BCUT2D eigenvalue weighted by atomic mass is 9.69. The van der Waals surface area contributed by atoms with Crippen LogP contribution in [0.1, 0.15) is 37.7 Å². The molecule has 5 heteroatoms. The Morgan fingerprint density at radius 1 is 1.42 bits per heavy atom. The molecule has 1 fully saturated rings. The molecule has 1 aliphatic rings. The van der Waals surface area contributed by atoms with E-state index in [-0.39, 0.29) is 16.5 Å². The van der Waals surface area contributed by atoms with Crippen LogP contribution >= 0.6 is 11.6 Å². The van der Waals surface area contributed by atoms with Gasteiger partial charge in [-0.2, -0.15) is 0 Å². The third kappa shape index (κ3) is 2.39. The maximum atomic E-state index is 13.8. The van der Waals surface area contributed by atoms with Crippen LogP contribution in [0.4, 0.5) is 4.39 Å². The number of rotatable bonds is 3. The van der Waals surface area contributed by atoms with Crippen LogP contribution in [0.2, 0.25) is 5.02 Å². The average molecular weight is 288 g/mol. The van der Waals surface area contributed by atoms with Crippen molar-refractivity contribution in [3.05, 3.63) is 22.5 Å². The summed E-state index contributed by atoms with van der Waals surface area (Å²) in [5.74, 6) is -0.607. The molecule has 3 N–H and O–H groups in total. The first kappa shape index (κ1) is 14.4. The Hall–Kier alpha value is -1.00. The molecule has 0 heterocycles. The Kier molecular flexibility index (Phi) is 4.21. The van der Waals surface area contributed by atoms with Gasteiger partial charge in [-0.05, 0) is 12.8 Å². The highest BCUT2D eigenvalue weighted by molar-refractivity contribution is 6.32. The Balaban J connectivity index is 2.64. The molecular formula is C14H19ClFNO2. The van der Waals surface area contributed by atoms with Gasteiger partial charge in [0.2, 0.25) is 0 Å². The summed E-state index contributed by atoms with van der Waals surface area (Å²) in [6, 6.07) is 0.984. The van der Waals surface area contributed by atoms with E-state index in [0.717, 1.165) is 38.2 Å². The number of hydrogen-bond acceptors (Lipinski definition) is 3. The highest BCUT2D eigenvalue weighted by Gasteiger charge is 2.38. The summed E-state index contributed by atoms with van der Waals surface area (Å²) >= 11 is 6.13. The quantitative estimate of drug-likeness (QED) is 0.896. The van der Waals surface area contributed by atoms with Crippen LogP contribution in [-0.2, 0) is 5.41 Å². The van der Waals surface area contributed by atoms with Crippen LogP contribution in [-0.4, -0.2) is 18.8 Å². The van der Waals surface area contributed by atoms with Crippen LogP contribution < -0.4 is 10.5 Å². The molecule has 0 bridgehead atoms. The van der Waals surface area contributed by atoms with Gasteiger partial charge in [-0.3, -0.25) is 0 Å². The van der Waals surface area contributed by atoms with E-state index >= 15 is 0 Å². The van der Waals surface area contributed by atoms with Gasteiger partial charge in [-0.25, -0.2) is 4.39 Å². The molecule has 0 radical (unpaired) electrons. The van der Waals surface area contributed by atoms with Gasteiger partial charge in [0.05, 0.1) is 12.1 Å². The summed E-state index contributed by atoms with van der Waals surface area (Å²) in [7, 11) is 1.44. The molecule has 1 aromatic carbocycles. The fraction of sp³-hybridized carbons (Fsp3) is 0.571. The van der Waals surface area contributed by atoms with E-state index in [1.165, 1.54) is 7.11 Å². The second kappa shape index (κ2) is 5.55. The Bertz CT molecular complexity index is 473. The Labute approximate surface area is 117 Å². The van der Waals surface area contributed by atoms with Crippen LogP contribution in [0.5, 0.6) is 11.5 Å². The van der Waals surface area contributed by atoms with Crippen LogP contribution in [0.3, 0.4) is 0 Å². The fourth-order valence-corrected chi connectivity index (χ4v) is 3.40. The van der Waals surface area contributed by atoms with Crippen LogP contribution in [0, 0.1) is 5.82 Å². The zero-order chi connectivity index (χ0) is 14.0. The number of methoxy groups -OCH3 is 1. The van der Waals surface area contributed by atoms with Crippen molar-refractivity contribution >= 4 is 11.6 Å². The minimum Gasteiger partial charge on any atom is -0.504 e. The fourth-order valence-electron chi connectivity index (χ4n) is 3.06. The van der Waals surface area contributed by atoms with Crippen molar-refractivity contribution in [1.29, 1.82) is 0 Å².